The molecule has 34 heavy (non-hydrogen) atoms. The molecule has 0 saturated heterocycles. The molecule has 8 heteroatoms. The van der Waals surface area contributed by atoms with Crippen molar-refractivity contribution >= 4 is 33.9 Å². The lowest BCUT2D eigenvalue weighted by Crippen LogP contribution is -2.29. The third kappa shape index (κ3) is 4.06. The Bertz CT molecular complexity index is 1280. The topological polar surface area (TPSA) is 131 Å². The maximum absolute atomic E-state index is 12.7. The number of ether oxygens (including phenoxy) is 2. The minimum absolute atomic E-state index is 0.0402. The molecule has 0 saturated carbocycles. The van der Waals surface area contributed by atoms with Gasteiger partial charge in [-0.2, -0.15) is 0 Å². The maximum atomic E-state index is 12.7. The monoisotopic (exact) mass is 464 g/mol. The fraction of sp³-hybridized carbons (Fsp3) is 0.308. The van der Waals surface area contributed by atoms with E-state index < -0.39 is 24.1 Å². The number of fused-ring (bicyclic) bond motifs is 2. The SMILES string of the molecule is Cc1oc2c(C(CN)OC(=O)C(=O)OC(CN)c3cccc4c(C)c(C)oc34)cccc2c1C. The van der Waals surface area contributed by atoms with Crippen LogP contribution >= 0.6 is 0 Å². The zero-order chi connectivity index (χ0) is 24.6. The van der Waals surface area contributed by atoms with Crippen LogP contribution in [0, 0.1) is 27.7 Å². The van der Waals surface area contributed by atoms with Gasteiger partial charge in [0.15, 0.2) is 0 Å². The van der Waals surface area contributed by atoms with Gasteiger partial charge in [-0.3, -0.25) is 0 Å². The first-order chi connectivity index (χ1) is 16.3. The van der Waals surface area contributed by atoms with Gasteiger partial charge in [0.05, 0.1) is 0 Å². The minimum Gasteiger partial charge on any atom is -0.461 e. The normalized spacial score (nSPS) is 13.2. The standard InChI is InChI=1S/C26H28N2O6/c1-13-15(3)31-23-17(13)7-5-9-19(23)21(11-27)33-25(29)26(30)34-22(12-28)20-10-6-8-18-14(2)16(4)32-24(18)20/h5-10,21-22H,11-12,27-28H2,1-4H3. The summed E-state index contributed by atoms with van der Waals surface area (Å²) in [7, 11) is 0. The van der Waals surface area contributed by atoms with Crippen molar-refractivity contribution in [2.24, 2.45) is 11.5 Å². The molecule has 0 aliphatic rings. The first-order valence-electron chi connectivity index (χ1n) is 11.1. The molecule has 2 aromatic carbocycles. The third-order valence-corrected chi connectivity index (χ3v) is 6.25. The van der Waals surface area contributed by atoms with Gasteiger partial charge < -0.3 is 29.8 Å². The number of esters is 2. The van der Waals surface area contributed by atoms with Crippen LogP contribution in [0.25, 0.3) is 21.9 Å². The Hall–Kier alpha value is -3.62. The second-order valence-electron chi connectivity index (χ2n) is 8.27. The smallest absolute Gasteiger partial charge is 0.418 e. The van der Waals surface area contributed by atoms with Crippen molar-refractivity contribution in [2.45, 2.75) is 39.9 Å². The molecular weight excluding hydrogens is 436 g/mol. The van der Waals surface area contributed by atoms with Crippen LogP contribution < -0.4 is 11.5 Å². The summed E-state index contributed by atoms with van der Waals surface area (Å²) in [6.07, 6.45) is -1.77. The summed E-state index contributed by atoms with van der Waals surface area (Å²) in [5.74, 6) is -0.811. The molecule has 4 rings (SSSR count). The third-order valence-electron chi connectivity index (χ3n) is 6.25. The van der Waals surface area contributed by atoms with Crippen LogP contribution in [-0.2, 0) is 19.1 Å². The molecule has 0 radical (unpaired) electrons. The molecule has 4 aromatic rings. The average Bonchev–Trinajstić information content (AvgIpc) is 3.30. The molecule has 0 aliphatic heterocycles. The van der Waals surface area contributed by atoms with Gasteiger partial charge in [0.25, 0.3) is 0 Å². The second-order valence-corrected chi connectivity index (χ2v) is 8.27. The zero-order valence-electron chi connectivity index (χ0n) is 19.6. The Balaban J connectivity index is 1.55. The number of para-hydroxylation sites is 2. The van der Waals surface area contributed by atoms with Crippen molar-refractivity contribution in [3.05, 3.63) is 70.2 Å². The molecule has 0 bridgehead atoms. The molecule has 2 heterocycles. The number of rotatable bonds is 6. The lowest BCUT2D eigenvalue weighted by Gasteiger charge is -2.19. The number of aryl methyl sites for hydroxylation is 4. The van der Waals surface area contributed by atoms with Gasteiger partial charge in [-0.15, -0.1) is 0 Å². The number of carbonyl (C=O) groups is 2. The van der Waals surface area contributed by atoms with Crippen LogP contribution in [0.3, 0.4) is 0 Å². The average molecular weight is 465 g/mol. The molecule has 178 valence electrons. The van der Waals surface area contributed by atoms with Crippen LogP contribution in [0.5, 0.6) is 0 Å². The number of hydrogen-bond acceptors (Lipinski definition) is 8. The van der Waals surface area contributed by atoms with E-state index in [0.717, 1.165) is 33.4 Å². The van der Waals surface area contributed by atoms with Gasteiger partial charge in [-0.25, -0.2) is 9.59 Å². The van der Waals surface area contributed by atoms with E-state index in [-0.39, 0.29) is 13.1 Å². The maximum Gasteiger partial charge on any atom is 0.418 e. The van der Waals surface area contributed by atoms with E-state index in [9.17, 15) is 9.59 Å². The van der Waals surface area contributed by atoms with Gasteiger partial charge in [0, 0.05) is 35.0 Å². The minimum atomic E-state index is -1.16. The van der Waals surface area contributed by atoms with Crippen LogP contribution in [-0.4, -0.2) is 25.0 Å². The largest absolute Gasteiger partial charge is 0.461 e. The zero-order valence-corrected chi connectivity index (χ0v) is 19.6. The first-order valence-corrected chi connectivity index (χ1v) is 11.1. The highest BCUT2D eigenvalue weighted by Gasteiger charge is 2.29. The summed E-state index contributed by atoms with van der Waals surface area (Å²) in [5.41, 5.74) is 16.1. The van der Waals surface area contributed by atoms with Crippen molar-refractivity contribution in [3.8, 4) is 0 Å². The number of hydrogen-bond donors (Lipinski definition) is 2. The summed E-state index contributed by atoms with van der Waals surface area (Å²) < 4.78 is 22.6. The number of benzene rings is 2. The Morgan fingerprint density at radius 1 is 0.735 bits per heavy atom. The Morgan fingerprint density at radius 3 is 1.47 bits per heavy atom. The summed E-state index contributed by atoms with van der Waals surface area (Å²) in [5, 5.41) is 1.79. The van der Waals surface area contributed by atoms with Gasteiger partial charge in [0.2, 0.25) is 0 Å². The predicted molar refractivity (Wildman–Crippen MR) is 127 cm³/mol. The molecule has 8 nitrogen and oxygen atoms in total. The summed E-state index contributed by atoms with van der Waals surface area (Å²) >= 11 is 0. The molecule has 2 atom stereocenters. The van der Waals surface area contributed by atoms with Gasteiger partial charge in [-0.1, -0.05) is 36.4 Å². The Kier molecular flexibility index (Phi) is 6.45. The molecule has 0 fully saturated rings. The highest BCUT2D eigenvalue weighted by atomic mass is 16.6. The molecule has 0 aliphatic carbocycles. The van der Waals surface area contributed by atoms with E-state index in [4.69, 9.17) is 29.8 Å². The van der Waals surface area contributed by atoms with Crippen LogP contribution in [0.4, 0.5) is 0 Å². The first kappa shape index (κ1) is 23.5. The van der Waals surface area contributed by atoms with E-state index >= 15 is 0 Å². The second kappa shape index (κ2) is 9.32. The van der Waals surface area contributed by atoms with Crippen LogP contribution in [0.15, 0.2) is 45.2 Å². The predicted octanol–water partition coefficient (Wildman–Crippen LogP) is 4.20. The van der Waals surface area contributed by atoms with Crippen LogP contribution in [0.2, 0.25) is 0 Å². The summed E-state index contributed by atoms with van der Waals surface area (Å²) in [4.78, 5) is 25.3. The van der Waals surface area contributed by atoms with Crippen molar-refractivity contribution in [1.29, 1.82) is 0 Å². The molecular formula is C26H28N2O6. The van der Waals surface area contributed by atoms with Gasteiger partial charge >= 0.3 is 11.9 Å². The van der Waals surface area contributed by atoms with E-state index in [1.807, 2.05) is 52.0 Å². The number of carbonyl (C=O) groups excluding carboxylic acids is 2. The van der Waals surface area contributed by atoms with E-state index in [1.165, 1.54) is 0 Å². The Labute approximate surface area is 196 Å². The van der Waals surface area contributed by atoms with E-state index in [1.54, 1.807) is 12.1 Å². The number of furan rings is 2. The molecule has 2 unspecified atom stereocenters. The molecule has 0 amide bonds. The lowest BCUT2D eigenvalue weighted by atomic mass is 10.0. The van der Waals surface area contributed by atoms with Crippen molar-refractivity contribution in [1.82, 2.24) is 0 Å². The lowest BCUT2D eigenvalue weighted by molar-refractivity contribution is -0.174. The van der Waals surface area contributed by atoms with Crippen LogP contribution in [0.1, 0.15) is 46.0 Å². The van der Waals surface area contributed by atoms with Crippen molar-refractivity contribution in [2.75, 3.05) is 13.1 Å². The van der Waals surface area contributed by atoms with Gasteiger partial charge in [-0.05, 0) is 38.8 Å². The highest BCUT2D eigenvalue weighted by molar-refractivity contribution is 6.29. The van der Waals surface area contributed by atoms with Crippen molar-refractivity contribution in [3.63, 3.8) is 0 Å². The van der Waals surface area contributed by atoms with Gasteiger partial charge in [0.1, 0.15) is 34.9 Å². The van der Waals surface area contributed by atoms with E-state index in [2.05, 4.69) is 0 Å². The summed E-state index contributed by atoms with van der Waals surface area (Å²) in [6.45, 7) is 7.52. The number of nitrogens with two attached hydrogens (primary N) is 2. The van der Waals surface area contributed by atoms with E-state index in [0.29, 0.717) is 22.3 Å². The fourth-order valence-corrected chi connectivity index (χ4v) is 4.11. The molecule has 2 aromatic heterocycles. The quantitative estimate of drug-likeness (QED) is 0.321. The highest BCUT2D eigenvalue weighted by Crippen LogP contribution is 2.33. The molecule has 0 spiro atoms. The van der Waals surface area contributed by atoms with Crippen molar-refractivity contribution < 1.29 is 27.9 Å². The summed E-state index contributed by atoms with van der Waals surface area (Å²) in [6, 6.07) is 11.0. The Morgan fingerprint density at radius 2 is 1.12 bits per heavy atom. The molecule has 4 N–H and O–H groups in total. The fourth-order valence-electron chi connectivity index (χ4n) is 4.11.